The first-order chi connectivity index (χ1) is 7.95. The van der Waals surface area contributed by atoms with E-state index in [0.29, 0.717) is 11.5 Å². The van der Waals surface area contributed by atoms with Crippen molar-refractivity contribution in [3.8, 4) is 0 Å². The number of likely N-dealkylation sites (tertiary alicyclic amines) is 1. The van der Waals surface area contributed by atoms with Crippen LogP contribution in [-0.4, -0.2) is 36.6 Å². The molecule has 0 aromatic rings. The van der Waals surface area contributed by atoms with Crippen molar-refractivity contribution in [2.75, 3.05) is 19.6 Å². The van der Waals surface area contributed by atoms with E-state index in [-0.39, 0.29) is 0 Å². The summed E-state index contributed by atoms with van der Waals surface area (Å²) in [6.45, 7) is 15.2. The minimum absolute atomic E-state index is 0.349. The zero-order valence-electron chi connectivity index (χ0n) is 12.6. The van der Waals surface area contributed by atoms with Crippen LogP contribution in [0.1, 0.15) is 60.3 Å². The van der Waals surface area contributed by atoms with Gasteiger partial charge in [-0.2, -0.15) is 0 Å². The summed E-state index contributed by atoms with van der Waals surface area (Å²) in [5.41, 5.74) is 0.349. The van der Waals surface area contributed by atoms with Gasteiger partial charge in [-0.05, 0) is 38.3 Å². The maximum Gasteiger partial charge on any atom is 0.0243 e. The third-order valence-corrected chi connectivity index (χ3v) is 4.10. The Morgan fingerprint density at radius 2 is 1.94 bits per heavy atom. The van der Waals surface area contributed by atoms with Crippen LogP contribution in [0.5, 0.6) is 0 Å². The summed E-state index contributed by atoms with van der Waals surface area (Å²) in [6, 6.07) is 1.37. The standard InChI is InChI=1S/C15H32N2/c1-6-16-14(15(3,4)5)12-17-11-9-7-8-10-13(17)2/h13-14,16H,6-12H2,1-5H3. The molecule has 0 bridgehead atoms. The van der Waals surface area contributed by atoms with Gasteiger partial charge < -0.3 is 5.32 Å². The predicted molar refractivity (Wildman–Crippen MR) is 76.4 cm³/mol. The first-order valence-corrected chi connectivity index (χ1v) is 7.42. The highest BCUT2D eigenvalue weighted by Gasteiger charge is 2.27. The van der Waals surface area contributed by atoms with E-state index in [2.05, 4.69) is 44.8 Å². The maximum atomic E-state index is 3.67. The number of hydrogen-bond donors (Lipinski definition) is 1. The van der Waals surface area contributed by atoms with Crippen molar-refractivity contribution in [2.24, 2.45) is 5.41 Å². The number of nitrogens with zero attached hydrogens (tertiary/aromatic N) is 1. The highest BCUT2D eigenvalue weighted by Crippen LogP contribution is 2.23. The number of likely N-dealkylation sites (N-methyl/N-ethyl adjacent to an activating group) is 1. The van der Waals surface area contributed by atoms with Gasteiger partial charge in [0, 0.05) is 18.6 Å². The van der Waals surface area contributed by atoms with Crippen molar-refractivity contribution in [3.05, 3.63) is 0 Å². The summed E-state index contributed by atoms with van der Waals surface area (Å²) in [6.07, 6.45) is 5.59. The molecule has 1 N–H and O–H groups in total. The molecule has 102 valence electrons. The van der Waals surface area contributed by atoms with Gasteiger partial charge >= 0.3 is 0 Å². The van der Waals surface area contributed by atoms with E-state index in [1.165, 1.54) is 38.8 Å². The minimum atomic E-state index is 0.349. The monoisotopic (exact) mass is 240 g/mol. The third kappa shape index (κ3) is 4.97. The lowest BCUT2D eigenvalue weighted by molar-refractivity contribution is 0.143. The second-order valence-corrected chi connectivity index (χ2v) is 6.67. The smallest absolute Gasteiger partial charge is 0.0243 e. The fourth-order valence-corrected chi connectivity index (χ4v) is 2.73. The van der Waals surface area contributed by atoms with Crippen LogP contribution in [-0.2, 0) is 0 Å². The molecule has 0 spiro atoms. The molecule has 0 saturated carbocycles. The summed E-state index contributed by atoms with van der Waals surface area (Å²) in [7, 11) is 0. The van der Waals surface area contributed by atoms with Crippen molar-refractivity contribution in [3.63, 3.8) is 0 Å². The number of nitrogens with one attached hydrogen (secondary N) is 1. The quantitative estimate of drug-likeness (QED) is 0.811. The Bertz CT molecular complexity index is 207. The summed E-state index contributed by atoms with van der Waals surface area (Å²) >= 11 is 0. The molecule has 0 aliphatic carbocycles. The van der Waals surface area contributed by atoms with Gasteiger partial charge in [0.15, 0.2) is 0 Å². The van der Waals surface area contributed by atoms with E-state index in [1.807, 2.05) is 0 Å². The molecule has 0 aromatic heterocycles. The molecular weight excluding hydrogens is 208 g/mol. The van der Waals surface area contributed by atoms with Crippen LogP contribution < -0.4 is 5.32 Å². The van der Waals surface area contributed by atoms with Crippen LogP contribution in [0, 0.1) is 5.41 Å². The highest BCUT2D eigenvalue weighted by molar-refractivity contribution is 4.85. The molecule has 1 fully saturated rings. The Labute approximate surface area is 108 Å². The van der Waals surface area contributed by atoms with E-state index >= 15 is 0 Å². The van der Waals surface area contributed by atoms with Gasteiger partial charge in [0.25, 0.3) is 0 Å². The molecule has 2 heteroatoms. The lowest BCUT2D eigenvalue weighted by Gasteiger charge is -2.38. The van der Waals surface area contributed by atoms with E-state index in [0.717, 1.165) is 12.6 Å². The highest BCUT2D eigenvalue weighted by atomic mass is 15.2. The van der Waals surface area contributed by atoms with E-state index < -0.39 is 0 Å². The second-order valence-electron chi connectivity index (χ2n) is 6.67. The number of rotatable bonds is 4. The topological polar surface area (TPSA) is 15.3 Å². The summed E-state index contributed by atoms with van der Waals surface area (Å²) < 4.78 is 0. The molecular formula is C15H32N2. The van der Waals surface area contributed by atoms with Crippen molar-refractivity contribution in [1.82, 2.24) is 10.2 Å². The predicted octanol–water partition coefficient (Wildman–Crippen LogP) is 3.28. The summed E-state index contributed by atoms with van der Waals surface area (Å²) in [5.74, 6) is 0. The van der Waals surface area contributed by atoms with Crippen LogP contribution in [0.15, 0.2) is 0 Å². The van der Waals surface area contributed by atoms with Crippen molar-refractivity contribution < 1.29 is 0 Å². The van der Waals surface area contributed by atoms with Crippen LogP contribution in [0.4, 0.5) is 0 Å². The van der Waals surface area contributed by atoms with Gasteiger partial charge in [0.05, 0.1) is 0 Å². The zero-order chi connectivity index (χ0) is 12.9. The van der Waals surface area contributed by atoms with Gasteiger partial charge in [-0.25, -0.2) is 0 Å². The molecule has 0 aromatic carbocycles. The van der Waals surface area contributed by atoms with Gasteiger partial charge in [-0.1, -0.05) is 40.5 Å². The molecule has 0 radical (unpaired) electrons. The molecule has 2 atom stereocenters. The number of hydrogen-bond acceptors (Lipinski definition) is 2. The third-order valence-electron chi connectivity index (χ3n) is 4.10. The molecule has 1 aliphatic rings. The Balaban J connectivity index is 2.58. The molecule has 0 amide bonds. The van der Waals surface area contributed by atoms with Crippen molar-refractivity contribution >= 4 is 0 Å². The Morgan fingerprint density at radius 3 is 2.53 bits per heavy atom. The maximum absolute atomic E-state index is 3.67. The fraction of sp³-hybridized carbons (Fsp3) is 1.00. The summed E-state index contributed by atoms with van der Waals surface area (Å²) in [5, 5.41) is 3.67. The second kappa shape index (κ2) is 6.75. The lowest BCUT2D eigenvalue weighted by atomic mass is 9.86. The summed E-state index contributed by atoms with van der Waals surface area (Å²) in [4.78, 5) is 2.70. The Morgan fingerprint density at radius 1 is 1.24 bits per heavy atom. The Hall–Kier alpha value is -0.0800. The SMILES string of the molecule is CCNC(CN1CCCCCC1C)C(C)(C)C. The fourth-order valence-electron chi connectivity index (χ4n) is 2.73. The molecule has 2 nitrogen and oxygen atoms in total. The van der Waals surface area contributed by atoms with Gasteiger partial charge in [0.2, 0.25) is 0 Å². The van der Waals surface area contributed by atoms with Crippen molar-refractivity contribution in [2.45, 2.75) is 72.4 Å². The molecule has 1 aliphatic heterocycles. The van der Waals surface area contributed by atoms with Gasteiger partial charge in [-0.15, -0.1) is 0 Å². The molecule has 17 heavy (non-hydrogen) atoms. The zero-order valence-corrected chi connectivity index (χ0v) is 12.6. The first kappa shape index (κ1) is 15.0. The van der Waals surface area contributed by atoms with Gasteiger partial charge in [-0.3, -0.25) is 4.90 Å². The molecule has 1 rings (SSSR count). The van der Waals surface area contributed by atoms with Crippen LogP contribution in [0.3, 0.4) is 0 Å². The minimum Gasteiger partial charge on any atom is -0.312 e. The van der Waals surface area contributed by atoms with Gasteiger partial charge in [0.1, 0.15) is 0 Å². The van der Waals surface area contributed by atoms with E-state index in [9.17, 15) is 0 Å². The average molecular weight is 240 g/mol. The largest absolute Gasteiger partial charge is 0.312 e. The van der Waals surface area contributed by atoms with Crippen molar-refractivity contribution in [1.29, 1.82) is 0 Å². The Kier molecular flexibility index (Phi) is 5.94. The van der Waals surface area contributed by atoms with E-state index in [1.54, 1.807) is 0 Å². The van der Waals surface area contributed by atoms with E-state index in [4.69, 9.17) is 0 Å². The lowest BCUT2D eigenvalue weighted by Crippen LogP contribution is -2.50. The average Bonchev–Trinajstić information content (AvgIpc) is 2.42. The van der Waals surface area contributed by atoms with Crippen LogP contribution in [0.2, 0.25) is 0 Å². The normalized spacial score (nSPS) is 25.6. The molecule has 1 saturated heterocycles. The molecule has 2 unspecified atom stereocenters. The molecule has 1 heterocycles. The first-order valence-electron chi connectivity index (χ1n) is 7.42. The van der Waals surface area contributed by atoms with Crippen LogP contribution >= 0.6 is 0 Å². The van der Waals surface area contributed by atoms with Crippen LogP contribution in [0.25, 0.3) is 0 Å².